The van der Waals surface area contributed by atoms with Crippen molar-refractivity contribution in [1.29, 1.82) is 0 Å². The standard InChI is InChI=1S/C14H14F2N2O2S/c1-18(9-10-5-6-11(15)12(16)8-10)14-13(21(2,19)20)4-3-7-17-14/h3-8H,9H2,1-2H3. The van der Waals surface area contributed by atoms with Crippen LogP contribution in [0.2, 0.25) is 0 Å². The second-order valence-corrected chi connectivity index (χ2v) is 6.69. The predicted molar refractivity (Wildman–Crippen MR) is 75.8 cm³/mol. The van der Waals surface area contributed by atoms with Crippen LogP contribution in [0, 0.1) is 11.6 Å². The summed E-state index contributed by atoms with van der Waals surface area (Å²) in [5.74, 6) is -1.59. The van der Waals surface area contributed by atoms with Gasteiger partial charge in [0.2, 0.25) is 0 Å². The summed E-state index contributed by atoms with van der Waals surface area (Å²) >= 11 is 0. The third-order valence-electron chi connectivity index (χ3n) is 2.92. The highest BCUT2D eigenvalue weighted by molar-refractivity contribution is 7.90. The average molecular weight is 312 g/mol. The molecule has 0 saturated heterocycles. The molecule has 0 saturated carbocycles. The maximum atomic E-state index is 13.2. The number of anilines is 1. The molecule has 0 aliphatic heterocycles. The normalized spacial score (nSPS) is 11.4. The summed E-state index contributed by atoms with van der Waals surface area (Å²) < 4.78 is 49.6. The average Bonchev–Trinajstić information content (AvgIpc) is 2.42. The van der Waals surface area contributed by atoms with Crippen molar-refractivity contribution < 1.29 is 17.2 Å². The van der Waals surface area contributed by atoms with Crippen LogP contribution in [-0.2, 0) is 16.4 Å². The molecule has 0 fully saturated rings. The third-order valence-corrected chi connectivity index (χ3v) is 4.03. The molecule has 0 bridgehead atoms. The van der Waals surface area contributed by atoms with Crippen molar-refractivity contribution in [3.8, 4) is 0 Å². The summed E-state index contributed by atoms with van der Waals surface area (Å²) in [7, 11) is -1.79. The molecule has 0 atom stereocenters. The van der Waals surface area contributed by atoms with Gasteiger partial charge in [-0.1, -0.05) is 6.07 Å². The van der Waals surface area contributed by atoms with E-state index in [9.17, 15) is 17.2 Å². The SMILES string of the molecule is CN(Cc1ccc(F)c(F)c1)c1ncccc1S(C)(=O)=O. The van der Waals surface area contributed by atoms with Crippen LogP contribution in [0.4, 0.5) is 14.6 Å². The van der Waals surface area contributed by atoms with Crippen LogP contribution in [-0.4, -0.2) is 26.7 Å². The molecule has 0 amide bonds. The van der Waals surface area contributed by atoms with Crippen LogP contribution >= 0.6 is 0 Å². The smallest absolute Gasteiger partial charge is 0.179 e. The Labute approximate surface area is 122 Å². The molecular formula is C14H14F2N2O2S. The molecule has 4 nitrogen and oxygen atoms in total. The van der Waals surface area contributed by atoms with E-state index in [1.807, 2.05) is 0 Å². The van der Waals surface area contributed by atoms with Gasteiger partial charge < -0.3 is 4.90 Å². The molecule has 1 heterocycles. The van der Waals surface area contributed by atoms with Gasteiger partial charge in [-0.3, -0.25) is 0 Å². The minimum absolute atomic E-state index is 0.0927. The zero-order valence-electron chi connectivity index (χ0n) is 11.5. The van der Waals surface area contributed by atoms with Crippen molar-refractivity contribution in [3.63, 3.8) is 0 Å². The van der Waals surface area contributed by atoms with E-state index in [0.29, 0.717) is 5.56 Å². The zero-order chi connectivity index (χ0) is 15.6. The lowest BCUT2D eigenvalue weighted by Gasteiger charge is -2.20. The minimum Gasteiger partial charge on any atom is -0.354 e. The number of rotatable bonds is 4. The van der Waals surface area contributed by atoms with E-state index in [1.165, 1.54) is 24.4 Å². The Morgan fingerprint density at radius 2 is 1.90 bits per heavy atom. The Hall–Kier alpha value is -2.02. The quantitative estimate of drug-likeness (QED) is 0.870. The first-order chi connectivity index (χ1) is 9.79. The molecule has 2 rings (SSSR count). The van der Waals surface area contributed by atoms with Gasteiger partial charge in [0, 0.05) is 26.0 Å². The first-order valence-corrected chi connectivity index (χ1v) is 7.98. The van der Waals surface area contributed by atoms with Gasteiger partial charge in [-0.25, -0.2) is 22.2 Å². The highest BCUT2D eigenvalue weighted by atomic mass is 32.2. The highest BCUT2D eigenvalue weighted by Gasteiger charge is 2.17. The van der Waals surface area contributed by atoms with Gasteiger partial charge in [-0.2, -0.15) is 0 Å². The second kappa shape index (κ2) is 5.77. The Kier molecular flexibility index (Phi) is 4.22. The van der Waals surface area contributed by atoms with Gasteiger partial charge in [0.25, 0.3) is 0 Å². The van der Waals surface area contributed by atoms with Crippen LogP contribution < -0.4 is 4.90 Å². The second-order valence-electron chi connectivity index (χ2n) is 4.70. The molecule has 0 aliphatic carbocycles. The highest BCUT2D eigenvalue weighted by Crippen LogP contribution is 2.23. The number of halogens is 2. The summed E-state index contributed by atoms with van der Waals surface area (Å²) in [6, 6.07) is 6.55. The van der Waals surface area contributed by atoms with Crippen molar-refractivity contribution >= 4 is 15.7 Å². The number of aromatic nitrogens is 1. The fourth-order valence-corrected chi connectivity index (χ4v) is 2.81. The first kappa shape index (κ1) is 15.4. The van der Waals surface area contributed by atoms with E-state index in [1.54, 1.807) is 11.9 Å². The molecule has 1 aromatic carbocycles. The fourth-order valence-electron chi connectivity index (χ4n) is 1.95. The lowest BCUT2D eigenvalue weighted by atomic mass is 10.2. The lowest BCUT2D eigenvalue weighted by molar-refractivity contribution is 0.507. The van der Waals surface area contributed by atoms with Crippen LogP contribution in [0.5, 0.6) is 0 Å². The molecule has 21 heavy (non-hydrogen) atoms. The Morgan fingerprint density at radius 1 is 1.19 bits per heavy atom. The van der Waals surface area contributed by atoms with E-state index in [0.717, 1.165) is 18.4 Å². The first-order valence-electron chi connectivity index (χ1n) is 6.09. The summed E-state index contributed by atoms with van der Waals surface area (Å²) in [5, 5.41) is 0. The van der Waals surface area contributed by atoms with Gasteiger partial charge in [-0.15, -0.1) is 0 Å². The van der Waals surface area contributed by atoms with E-state index in [-0.39, 0.29) is 17.3 Å². The maximum absolute atomic E-state index is 13.2. The number of nitrogens with zero attached hydrogens (tertiary/aromatic N) is 2. The summed E-state index contributed by atoms with van der Waals surface area (Å²) in [6.07, 6.45) is 2.57. The number of benzene rings is 1. The van der Waals surface area contributed by atoms with Crippen LogP contribution in [0.1, 0.15) is 5.56 Å². The van der Waals surface area contributed by atoms with Gasteiger partial charge in [0.1, 0.15) is 10.7 Å². The minimum atomic E-state index is -3.42. The number of hydrogen-bond acceptors (Lipinski definition) is 4. The molecule has 1 aromatic heterocycles. The van der Waals surface area contributed by atoms with Crippen molar-refractivity contribution in [2.75, 3.05) is 18.2 Å². The molecule has 2 aromatic rings. The fraction of sp³-hybridized carbons (Fsp3) is 0.214. The third kappa shape index (κ3) is 3.55. The van der Waals surface area contributed by atoms with E-state index in [4.69, 9.17) is 0 Å². The number of sulfone groups is 1. The Bertz CT molecular complexity index is 763. The van der Waals surface area contributed by atoms with Gasteiger partial charge in [0.05, 0.1) is 0 Å². The van der Waals surface area contributed by atoms with Crippen LogP contribution in [0.25, 0.3) is 0 Å². The van der Waals surface area contributed by atoms with E-state index < -0.39 is 21.5 Å². The zero-order valence-corrected chi connectivity index (χ0v) is 12.4. The van der Waals surface area contributed by atoms with E-state index >= 15 is 0 Å². The molecule has 0 spiro atoms. The van der Waals surface area contributed by atoms with Crippen molar-refractivity contribution in [3.05, 3.63) is 53.7 Å². The number of hydrogen-bond donors (Lipinski definition) is 0. The topological polar surface area (TPSA) is 50.3 Å². The molecule has 0 aliphatic rings. The van der Waals surface area contributed by atoms with E-state index in [2.05, 4.69) is 4.98 Å². The maximum Gasteiger partial charge on any atom is 0.179 e. The summed E-state index contributed by atoms with van der Waals surface area (Å²) in [4.78, 5) is 5.73. The summed E-state index contributed by atoms with van der Waals surface area (Å²) in [5.41, 5.74) is 0.515. The Morgan fingerprint density at radius 3 is 2.52 bits per heavy atom. The molecule has 112 valence electrons. The molecule has 0 unspecified atom stereocenters. The monoisotopic (exact) mass is 312 g/mol. The number of pyridine rings is 1. The van der Waals surface area contributed by atoms with Crippen molar-refractivity contribution in [2.24, 2.45) is 0 Å². The molecule has 7 heteroatoms. The van der Waals surface area contributed by atoms with Gasteiger partial charge in [0.15, 0.2) is 21.5 Å². The van der Waals surface area contributed by atoms with Gasteiger partial charge >= 0.3 is 0 Å². The van der Waals surface area contributed by atoms with Crippen LogP contribution in [0.15, 0.2) is 41.4 Å². The molecule has 0 radical (unpaired) electrons. The van der Waals surface area contributed by atoms with Crippen molar-refractivity contribution in [1.82, 2.24) is 4.98 Å². The largest absolute Gasteiger partial charge is 0.354 e. The summed E-state index contributed by atoms with van der Waals surface area (Å²) in [6.45, 7) is 0.205. The predicted octanol–water partition coefficient (Wildman–Crippen LogP) is 2.40. The lowest BCUT2D eigenvalue weighted by Crippen LogP contribution is -2.20. The van der Waals surface area contributed by atoms with Gasteiger partial charge in [-0.05, 0) is 29.8 Å². The molecule has 0 N–H and O–H groups in total. The molecular weight excluding hydrogens is 298 g/mol. The van der Waals surface area contributed by atoms with Crippen molar-refractivity contribution in [2.45, 2.75) is 11.4 Å². The van der Waals surface area contributed by atoms with Crippen LogP contribution in [0.3, 0.4) is 0 Å². The Balaban J connectivity index is 2.33.